The number of carboxylic acid groups (broad SMARTS) is 1. The largest absolute Gasteiger partial charge is 0.480 e. The van der Waals surface area contributed by atoms with Gasteiger partial charge in [0.1, 0.15) is 12.6 Å². The molecular weight excluding hydrogens is 222 g/mol. The zero-order chi connectivity index (χ0) is 12.8. The molecule has 0 heterocycles. The number of para-hydroxylation sites is 1. The van der Waals surface area contributed by atoms with Gasteiger partial charge in [-0.3, -0.25) is 9.69 Å². The molecule has 1 aromatic carbocycles. The van der Waals surface area contributed by atoms with Crippen molar-refractivity contribution in [3.63, 3.8) is 0 Å². The lowest BCUT2D eigenvalue weighted by molar-refractivity contribution is -0.140. The number of hydrogen-bond acceptors (Lipinski definition) is 3. The first-order valence-corrected chi connectivity index (χ1v) is 5.32. The SMILES string of the molecule is CCC(C(=O)O)N(C(=O)CO)c1ccccc1. The Bertz CT molecular complexity index is 391. The second kappa shape index (κ2) is 6.00. The van der Waals surface area contributed by atoms with Crippen molar-refractivity contribution < 1.29 is 19.8 Å². The Morgan fingerprint density at radius 3 is 2.29 bits per heavy atom. The third-order valence-corrected chi connectivity index (χ3v) is 2.42. The Kier molecular flexibility index (Phi) is 4.66. The molecule has 0 saturated carbocycles. The van der Waals surface area contributed by atoms with Crippen LogP contribution in [0.3, 0.4) is 0 Å². The quantitative estimate of drug-likeness (QED) is 0.796. The van der Waals surface area contributed by atoms with Crippen molar-refractivity contribution in [1.82, 2.24) is 0 Å². The van der Waals surface area contributed by atoms with Crippen LogP contribution in [-0.4, -0.2) is 34.7 Å². The summed E-state index contributed by atoms with van der Waals surface area (Å²) in [6.45, 7) is 0.970. The lowest BCUT2D eigenvalue weighted by atomic mass is 10.1. The zero-order valence-corrected chi connectivity index (χ0v) is 9.54. The minimum Gasteiger partial charge on any atom is -0.480 e. The van der Waals surface area contributed by atoms with Gasteiger partial charge in [0, 0.05) is 5.69 Å². The van der Waals surface area contributed by atoms with E-state index in [1.165, 1.54) is 0 Å². The summed E-state index contributed by atoms with van der Waals surface area (Å²) in [5, 5.41) is 18.0. The van der Waals surface area contributed by atoms with Crippen LogP contribution in [0.2, 0.25) is 0 Å². The lowest BCUT2D eigenvalue weighted by Gasteiger charge is -2.27. The molecule has 0 fully saturated rings. The van der Waals surface area contributed by atoms with Gasteiger partial charge in [-0.25, -0.2) is 4.79 Å². The van der Waals surface area contributed by atoms with Crippen LogP contribution in [-0.2, 0) is 9.59 Å². The van der Waals surface area contributed by atoms with Crippen molar-refractivity contribution >= 4 is 17.6 Å². The highest BCUT2D eigenvalue weighted by molar-refractivity contribution is 5.99. The van der Waals surface area contributed by atoms with E-state index in [4.69, 9.17) is 10.2 Å². The number of aliphatic hydroxyl groups is 1. The van der Waals surface area contributed by atoms with Crippen molar-refractivity contribution in [3.8, 4) is 0 Å². The molecule has 1 atom stereocenters. The first kappa shape index (κ1) is 13.2. The summed E-state index contributed by atoms with van der Waals surface area (Å²) >= 11 is 0. The summed E-state index contributed by atoms with van der Waals surface area (Å²) in [5.41, 5.74) is 0.473. The number of rotatable bonds is 5. The number of carboxylic acids is 1. The molecule has 0 aliphatic carbocycles. The Labute approximate surface area is 99.3 Å². The molecule has 1 unspecified atom stereocenters. The maximum atomic E-state index is 11.6. The predicted molar refractivity (Wildman–Crippen MR) is 62.7 cm³/mol. The van der Waals surface area contributed by atoms with E-state index in [-0.39, 0.29) is 6.42 Å². The van der Waals surface area contributed by atoms with E-state index in [2.05, 4.69) is 0 Å². The number of carbonyl (C=O) groups is 2. The second-order valence-electron chi connectivity index (χ2n) is 3.52. The van der Waals surface area contributed by atoms with Crippen LogP contribution in [0.5, 0.6) is 0 Å². The Balaban J connectivity index is 3.12. The van der Waals surface area contributed by atoms with Crippen LogP contribution in [0.15, 0.2) is 30.3 Å². The highest BCUT2D eigenvalue weighted by Gasteiger charge is 2.28. The maximum Gasteiger partial charge on any atom is 0.326 e. The Hall–Kier alpha value is -1.88. The molecule has 1 amide bonds. The minimum atomic E-state index is -1.09. The van der Waals surface area contributed by atoms with Crippen LogP contribution in [0.4, 0.5) is 5.69 Å². The van der Waals surface area contributed by atoms with E-state index >= 15 is 0 Å². The number of benzene rings is 1. The van der Waals surface area contributed by atoms with Gasteiger partial charge in [-0.2, -0.15) is 0 Å². The Morgan fingerprint density at radius 1 is 1.29 bits per heavy atom. The highest BCUT2D eigenvalue weighted by Crippen LogP contribution is 2.18. The van der Waals surface area contributed by atoms with Gasteiger partial charge in [-0.15, -0.1) is 0 Å². The Morgan fingerprint density at radius 2 is 1.88 bits per heavy atom. The average molecular weight is 237 g/mol. The van der Waals surface area contributed by atoms with Crippen molar-refractivity contribution in [3.05, 3.63) is 30.3 Å². The van der Waals surface area contributed by atoms with Gasteiger partial charge >= 0.3 is 5.97 Å². The van der Waals surface area contributed by atoms with E-state index in [0.29, 0.717) is 5.69 Å². The van der Waals surface area contributed by atoms with E-state index in [1.807, 2.05) is 0 Å². The maximum absolute atomic E-state index is 11.6. The molecule has 0 spiro atoms. The van der Waals surface area contributed by atoms with Gasteiger partial charge in [0.25, 0.3) is 5.91 Å². The van der Waals surface area contributed by atoms with Crippen LogP contribution >= 0.6 is 0 Å². The number of carbonyl (C=O) groups excluding carboxylic acids is 1. The molecule has 0 bridgehead atoms. The standard InChI is InChI=1S/C12H15NO4/c1-2-10(12(16)17)13(11(15)8-14)9-6-4-3-5-7-9/h3-7,10,14H,2,8H2,1H3,(H,16,17). The lowest BCUT2D eigenvalue weighted by Crippen LogP contribution is -2.46. The zero-order valence-electron chi connectivity index (χ0n) is 9.54. The number of anilines is 1. The second-order valence-corrected chi connectivity index (χ2v) is 3.52. The summed E-state index contributed by atoms with van der Waals surface area (Å²) < 4.78 is 0. The summed E-state index contributed by atoms with van der Waals surface area (Å²) in [6.07, 6.45) is 0.274. The van der Waals surface area contributed by atoms with Crippen molar-refractivity contribution in [2.45, 2.75) is 19.4 Å². The molecule has 5 heteroatoms. The minimum absolute atomic E-state index is 0.274. The van der Waals surface area contributed by atoms with Gasteiger partial charge in [0.05, 0.1) is 0 Å². The monoisotopic (exact) mass is 237 g/mol. The third-order valence-electron chi connectivity index (χ3n) is 2.42. The average Bonchev–Trinajstić information content (AvgIpc) is 2.35. The van der Waals surface area contributed by atoms with Gasteiger partial charge in [0.2, 0.25) is 0 Å². The highest BCUT2D eigenvalue weighted by atomic mass is 16.4. The van der Waals surface area contributed by atoms with Crippen LogP contribution < -0.4 is 4.90 Å². The molecule has 17 heavy (non-hydrogen) atoms. The summed E-state index contributed by atoms with van der Waals surface area (Å²) in [6, 6.07) is 7.51. The van der Waals surface area contributed by atoms with E-state index in [1.54, 1.807) is 37.3 Å². The fourth-order valence-electron chi connectivity index (χ4n) is 1.63. The number of nitrogens with zero attached hydrogens (tertiary/aromatic N) is 1. The molecule has 0 aliphatic rings. The van der Waals surface area contributed by atoms with E-state index in [9.17, 15) is 9.59 Å². The predicted octanol–water partition coefficient (Wildman–Crippen LogP) is 0.875. The molecule has 0 aliphatic heterocycles. The van der Waals surface area contributed by atoms with Gasteiger partial charge in [-0.1, -0.05) is 25.1 Å². The van der Waals surface area contributed by atoms with Gasteiger partial charge in [-0.05, 0) is 18.6 Å². The summed E-state index contributed by atoms with van der Waals surface area (Å²) in [7, 11) is 0. The van der Waals surface area contributed by atoms with Crippen LogP contribution in [0.1, 0.15) is 13.3 Å². The summed E-state index contributed by atoms with van der Waals surface area (Å²) in [4.78, 5) is 23.8. The molecule has 0 saturated heterocycles. The first-order valence-electron chi connectivity index (χ1n) is 5.32. The number of aliphatic hydroxyl groups excluding tert-OH is 1. The van der Waals surface area contributed by atoms with Crippen LogP contribution in [0, 0.1) is 0 Å². The molecule has 5 nitrogen and oxygen atoms in total. The van der Waals surface area contributed by atoms with Gasteiger partial charge in [0.15, 0.2) is 0 Å². The molecule has 0 aromatic heterocycles. The smallest absolute Gasteiger partial charge is 0.326 e. The number of amides is 1. The van der Waals surface area contributed by atoms with Gasteiger partial charge < -0.3 is 10.2 Å². The van der Waals surface area contributed by atoms with Crippen molar-refractivity contribution in [1.29, 1.82) is 0 Å². The molecule has 0 radical (unpaired) electrons. The first-order chi connectivity index (χ1) is 8.11. The fourth-order valence-corrected chi connectivity index (χ4v) is 1.63. The fraction of sp³-hybridized carbons (Fsp3) is 0.333. The van der Waals surface area contributed by atoms with E-state index < -0.39 is 24.5 Å². The van der Waals surface area contributed by atoms with E-state index in [0.717, 1.165) is 4.90 Å². The number of aliphatic carboxylic acids is 1. The third kappa shape index (κ3) is 3.04. The van der Waals surface area contributed by atoms with Crippen molar-refractivity contribution in [2.24, 2.45) is 0 Å². The van der Waals surface area contributed by atoms with Crippen LogP contribution in [0.25, 0.3) is 0 Å². The molecule has 2 N–H and O–H groups in total. The topological polar surface area (TPSA) is 77.8 Å². The van der Waals surface area contributed by atoms with Crippen molar-refractivity contribution in [2.75, 3.05) is 11.5 Å². The summed E-state index contributed by atoms with van der Waals surface area (Å²) in [5.74, 6) is -1.70. The normalized spacial score (nSPS) is 11.9. The molecule has 1 rings (SSSR count). The number of hydrogen-bond donors (Lipinski definition) is 2. The molecule has 92 valence electrons. The molecular formula is C12H15NO4. The molecule has 1 aromatic rings.